The maximum absolute atomic E-state index is 13.8. The van der Waals surface area contributed by atoms with E-state index in [-0.39, 0.29) is 5.82 Å². The van der Waals surface area contributed by atoms with Gasteiger partial charge in [-0.3, -0.25) is 0 Å². The summed E-state index contributed by atoms with van der Waals surface area (Å²) in [4.78, 5) is 0. The molecule has 1 fully saturated rings. The summed E-state index contributed by atoms with van der Waals surface area (Å²) in [6.45, 7) is 4.15. The van der Waals surface area contributed by atoms with Gasteiger partial charge in [-0.25, -0.2) is 4.39 Å². The van der Waals surface area contributed by atoms with Gasteiger partial charge in [0.25, 0.3) is 0 Å². The van der Waals surface area contributed by atoms with Crippen LogP contribution in [0.3, 0.4) is 0 Å². The van der Waals surface area contributed by atoms with E-state index >= 15 is 0 Å². The molecule has 1 aromatic rings. The molecule has 1 saturated heterocycles. The normalized spacial score (nSPS) is 19.6. The van der Waals surface area contributed by atoms with Crippen molar-refractivity contribution in [2.24, 2.45) is 5.92 Å². The van der Waals surface area contributed by atoms with E-state index in [0.717, 1.165) is 37.1 Å². The molecule has 3 heteroatoms. The molecule has 1 atom stereocenters. The Kier molecular flexibility index (Phi) is 4.00. The maximum atomic E-state index is 13.8. The van der Waals surface area contributed by atoms with Gasteiger partial charge in [-0.05, 0) is 55.5 Å². The highest BCUT2D eigenvalue weighted by atomic mass is 19.1. The van der Waals surface area contributed by atoms with Crippen LogP contribution in [0.15, 0.2) is 12.1 Å². The Labute approximate surface area is 102 Å². The van der Waals surface area contributed by atoms with E-state index < -0.39 is 0 Å². The van der Waals surface area contributed by atoms with Crippen LogP contribution in [0.1, 0.15) is 24.5 Å². The second-order valence-corrected chi connectivity index (χ2v) is 4.69. The number of nitrogens with one attached hydrogen (secondary N) is 1. The molecule has 0 bridgehead atoms. The number of hydrogen-bond donors (Lipinski definition) is 1. The molecule has 17 heavy (non-hydrogen) atoms. The van der Waals surface area contributed by atoms with Crippen molar-refractivity contribution in [3.8, 4) is 5.75 Å². The molecular weight excluding hydrogens is 217 g/mol. The number of benzene rings is 1. The molecule has 0 spiro atoms. The van der Waals surface area contributed by atoms with E-state index in [1.165, 1.54) is 6.42 Å². The smallest absolute Gasteiger partial charge is 0.165 e. The van der Waals surface area contributed by atoms with Crippen molar-refractivity contribution < 1.29 is 9.13 Å². The largest absolute Gasteiger partial charge is 0.493 e. The van der Waals surface area contributed by atoms with Crippen LogP contribution in [-0.2, 0) is 12.8 Å². The Hall–Kier alpha value is -1.09. The fraction of sp³-hybridized carbons (Fsp3) is 0.571. The van der Waals surface area contributed by atoms with Crippen LogP contribution < -0.4 is 10.1 Å². The molecule has 1 unspecified atom stereocenters. The van der Waals surface area contributed by atoms with Crippen LogP contribution in [-0.4, -0.2) is 20.2 Å². The second kappa shape index (κ2) is 5.50. The molecule has 94 valence electrons. The molecule has 0 radical (unpaired) electrons. The molecule has 1 aromatic carbocycles. The summed E-state index contributed by atoms with van der Waals surface area (Å²) >= 11 is 0. The topological polar surface area (TPSA) is 21.3 Å². The predicted octanol–water partition coefficient (Wildman–Crippen LogP) is 2.55. The van der Waals surface area contributed by atoms with Gasteiger partial charge in [0.05, 0.1) is 7.11 Å². The van der Waals surface area contributed by atoms with Gasteiger partial charge in [-0.15, -0.1) is 0 Å². The average molecular weight is 237 g/mol. The zero-order valence-electron chi connectivity index (χ0n) is 10.6. The van der Waals surface area contributed by atoms with Gasteiger partial charge in [0.2, 0.25) is 0 Å². The number of rotatable bonds is 4. The number of methoxy groups -OCH3 is 1. The quantitative estimate of drug-likeness (QED) is 0.869. The standard InChI is InChI=1S/C14H20FNO/c1-3-10-6-12(7-11-4-5-16-9-11)14(17-2)13(15)8-10/h6,8,11,16H,3-5,7,9H2,1-2H3. The molecule has 1 aliphatic rings. The highest BCUT2D eigenvalue weighted by molar-refractivity contribution is 5.39. The number of halogens is 1. The van der Waals surface area contributed by atoms with Gasteiger partial charge >= 0.3 is 0 Å². The van der Waals surface area contributed by atoms with Crippen LogP contribution in [0, 0.1) is 11.7 Å². The summed E-state index contributed by atoms with van der Waals surface area (Å²) in [5, 5.41) is 3.34. The van der Waals surface area contributed by atoms with Gasteiger partial charge in [-0.2, -0.15) is 0 Å². The molecule has 0 saturated carbocycles. The fourth-order valence-corrected chi connectivity index (χ4v) is 2.50. The molecule has 0 aliphatic carbocycles. The number of ether oxygens (including phenoxy) is 1. The molecular formula is C14H20FNO. The van der Waals surface area contributed by atoms with E-state index in [1.807, 2.05) is 6.92 Å². The Bertz CT molecular complexity index is 386. The number of aryl methyl sites for hydroxylation is 1. The zero-order valence-corrected chi connectivity index (χ0v) is 10.6. The van der Waals surface area contributed by atoms with Crippen LogP contribution in [0.5, 0.6) is 5.75 Å². The minimum Gasteiger partial charge on any atom is -0.493 e. The minimum atomic E-state index is -0.229. The van der Waals surface area contributed by atoms with Gasteiger partial charge < -0.3 is 10.1 Å². The highest BCUT2D eigenvalue weighted by Crippen LogP contribution is 2.28. The maximum Gasteiger partial charge on any atom is 0.165 e. The third-order valence-electron chi connectivity index (χ3n) is 3.46. The van der Waals surface area contributed by atoms with E-state index in [1.54, 1.807) is 13.2 Å². The first-order valence-corrected chi connectivity index (χ1v) is 6.30. The Morgan fingerprint density at radius 2 is 2.29 bits per heavy atom. The van der Waals surface area contributed by atoms with Crippen LogP contribution in [0.2, 0.25) is 0 Å². The summed E-state index contributed by atoms with van der Waals surface area (Å²) in [5.74, 6) is 0.803. The highest BCUT2D eigenvalue weighted by Gasteiger charge is 2.19. The van der Waals surface area contributed by atoms with Crippen LogP contribution in [0.25, 0.3) is 0 Å². The first kappa shape index (κ1) is 12.4. The van der Waals surface area contributed by atoms with E-state index in [2.05, 4.69) is 11.4 Å². The fourth-order valence-electron chi connectivity index (χ4n) is 2.50. The SMILES string of the molecule is CCc1cc(F)c(OC)c(CC2CCNC2)c1. The lowest BCUT2D eigenvalue weighted by Crippen LogP contribution is -2.11. The predicted molar refractivity (Wildman–Crippen MR) is 67.0 cm³/mol. The Morgan fingerprint density at radius 1 is 1.47 bits per heavy atom. The third-order valence-corrected chi connectivity index (χ3v) is 3.46. The first-order valence-electron chi connectivity index (χ1n) is 6.30. The first-order chi connectivity index (χ1) is 8.24. The van der Waals surface area contributed by atoms with Crippen molar-refractivity contribution in [3.63, 3.8) is 0 Å². The van der Waals surface area contributed by atoms with Crippen LogP contribution in [0.4, 0.5) is 4.39 Å². The van der Waals surface area contributed by atoms with Crippen molar-refractivity contribution >= 4 is 0 Å². The van der Waals surface area contributed by atoms with Gasteiger partial charge in [-0.1, -0.05) is 13.0 Å². The van der Waals surface area contributed by atoms with E-state index in [0.29, 0.717) is 11.7 Å². The van der Waals surface area contributed by atoms with Crippen molar-refractivity contribution in [1.82, 2.24) is 5.32 Å². The Morgan fingerprint density at radius 3 is 2.88 bits per heavy atom. The summed E-state index contributed by atoms with van der Waals surface area (Å²) in [6.07, 6.45) is 2.93. The molecule has 2 nitrogen and oxygen atoms in total. The summed E-state index contributed by atoms with van der Waals surface area (Å²) in [6, 6.07) is 3.66. The van der Waals surface area contributed by atoms with Gasteiger partial charge in [0, 0.05) is 0 Å². The summed E-state index contributed by atoms with van der Waals surface area (Å²) in [5.41, 5.74) is 2.06. The van der Waals surface area contributed by atoms with Crippen molar-refractivity contribution in [2.75, 3.05) is 20.2 Å². The molecule has 2 rings (SSSR count). The zero-order chi connectivity index (χ0) is 12.3. The third kappa shape index (κ3) is 2.78. The van der Waals surface area contributed by atoms with E-state index in [4.69, 9.17) is 4.74 Å². The van der Waals surface area contributed by atoms with Crippen molar-refractivity contribution in [1.29, 1.82) is 0 Å². The van der Waals surface area contributed by atoms with Gasteiger partial charge in [0.15, 0.2) is 11.6 Å². The van der Waals surface area contributed by atoms with Gasteiger partial charge in [0.1, 0.15) is 0 Å². The molecule has 0 amide bonds. The number of hydrogen-bond acceptors (Lipinski definition) is 2. The van der Waals surface area contributed by atoms with Crippen molar-refractivity contribution in [2.45, 2.75) is 26.2 Å². The molecule has 1 heterocycles. The molecule has 1 aliphatic heterocycles. The average Bonchev–Trinajstić information content (AvgIpc) is 2.81. The van der Waals surface area contributed by atoms with Crippen LogP contribution >= 0.6 is 0 Å². The Balaban J connectivity index is 2.25. The summed E-state index contributed by atoms with van der Waals surface area (Å²) in [7, 11) is 1.54. The lowest BCUT2D eigenvalue weighted by molar-refractivity contribution is 0.377. The second-order valence-electron chi connectivity index (χ2n) is 4.69. The lowest BCUT2D eigenvalue weighted by Gasteiger charge is -2.14. The molecule has 0 aromatic heterocycles. The van der Waals surface area contributed by atoms with E-state index in [9.17, 15) is 4.39 Å². The van der Waals surface area contributed by atoms with Crippen molar-refractivity contribution in [3.05, 3.63) is 29.1 Å². The summed E-state index contributed by atoms with van der Waals surface area (Å²) < 4.78 is 19.0. The lowest BCUT2D eigenvalue weighted by atomic mass is 9.96. The minimum absolute atomic E-state index is 0.229. The molecule has 1 N–H and O–H groups in total. The monoisotopic (exact) mass is 237 g/mol.